The predicted octanol–water partition coefficient (Wildman–Crippen LogP) is 5.55. The third-order valence-corrected chi connectivity index (χ3v) is 7.24. The minimum absolute atomic E-state index is 0.00279. The number of nitrogens with zero attached hydrogens (tertiary/aromatic N) is 1. The van der Waals surface area contributed by atoms with Crippen molar-refractivity contribution < 1.29 is 14.3 Å². The molecule has 2 aromatic rings. The fourth-order valence-electron chi connectivity index (χ4n) is 5.04. The predicted molar refractivity (Wildman–Crippen MR) is 136 cm³/mol. The molecule has 0 saturated heterocycles. The zero-order valence-corrected chi connectivity index (χ0v) is 21.3. The van der Waals surface area contributed by atoms with E-state index in [4.69, 9.17) is 4.74 Å². The molecule has 1 N–H and O–H groups in total. The molecule has 2 aliphatic rings. The molecule has 1 atom stereocenters. The van der Waals surface area contributed by atoms with Gasteiger partial charge in [0.05, 0.1) is 18.2 Å². The highest BCUT2D eigenvalue weighted by molar-refractivity contribution is 14.1. The van der Waals surface area contributed by atoms with Gasteiger partial charge in [-0.25, -0.2) is 0 Å². The first kappa shape index (κ1) is 23.5. The number of ether oxygens (including phenoxy) is 1. The van der Waals surface area contributed by atoms with Gasteiger partial charge in [0.25, 0.3) is 5.91 Å². The summed E-state index contributed by atoms with van der Waals surface area (Å²) in [5.74, 6) is -0.349. The number of hydrogen-bond acceptors (Lipinski definition) is 4. The third kappa shape index (κ3) is 4.56. The van der Waals surface area contributed by atoms with Crippen molar-refractivity contribution >= 4 is 40.2 Å². The van der Waals surface area contributed by atoms with Crippen LogP contribution in [0, 0.1) is 14.9 Å². The van der Waals surface area contributed by atoms with Crippen molar-refractivity contribution in [3.8, 4) is 6.07 Å². The molecule has 0 heterocycles. The van der Waals surface area contributed by atoms with Crippen LogP contribution in [0.5, 0.6) is 0 Å². The van der Waals surface area contributed by atoms with E-state index in [1.54, 1.807) is 19.1 Å². The van der Waals surface area contributed by atoms with Gasteiger partial charge in [0.15, 0.2) is 0 Å². The molecular weight excluding hydrogens is 527 g/mol. The Bertz CT molecular complexity index is 1210. The number of nitrogens with one attached hydrogen (secondary N) is 1. The Morgan fingerprint density at radius 2 is 1.97 bits per heavy atom. The Morgan fingerprint density at radius 3 is 2.70 bits per heavy atom. The number of rotatable bonds is 7. The molecule has 6 heteroatoms. The fraction of sp³-hybridized carbons (Fsp3) is 0.370. The first-order valence-corrected chi connectivity index (χ1v) is 12.3. The summed E-state index contributed by atoms with van der Waals surface area (Å²) in [5.41, 5.74) is 5.03. The Labute approximate surface area is 208 Å². The van der Waals surface area contributed by atoms with Gasteiger partial charge >= 0.3 is 5.97 Å². The maximum Gasteiger partial charge on any atom is 0.305 e. The quantitative estimate of drug-likeness (QED) is 0.360. The van der Waals surface area contributed by atoms with Gasteiger partial charge in [0, 0.05) is 26.7 Å². The van der Waals surface area contributed by atoms with E-state index in [1.807, 2.05) is 6.07 Å². The molecule has 170 valence electrons. The zero-order chi connectivity index (χ0) is 23.8. The molecule has 33 heavy (non-hydrogen) atoms. The van der Waals surface area contributed by atoms with Crippen LogP contribution in [0.4, 0.5) is 5.69 Å². The summed E-state index contributed by atoms with van der Waals surface area (Å²) in [7, 11) is 0. The van der Waals surface area contributed by atoms with Crippen molar-refractivity contribution in [3.63, 3.8) is 0 Å². The molecular formula is C27H27IN2O3. The van der Waals surface area contributed by atoms with Crippen molar-refractivity contribution in [1.29, 1.82) is 5.26 Å². The minimum atomic E-state index is -0.305. The molecule has 0 bridgehead atoms. The number of allylic oxidation sites excluding steroid dienone is 1. The van der Waals surface area contributed by atoms with Crippen LogP contribution in [0.1, 0.15) is 62.3 Å². The Morgan fingerprint density at radius 1 is 1.18 bits per heavy atom. The van der Waals surface area contributed by atoms with Crippen molar-refractivity contribution in [2.45, 2.75) is 57.3 Å². The minimum Gasteiger partial charge on any atom is -0.466 e. The van der Waals surface area contributed by atoms with Crippen molar-refractivity contribution in [2.75, 3.05) is 11.9 Å². The number of carbonyl (C=O) groups excluding carboxylic acids is 2. The van der Waals surface area contributed by atoms with Gasteiger partial charge < -0.3 is 10.1 Å². The van der Waals surface area contributed by atoms with E-state index in [9.17, 15) is 14.9 Å². The summed E-state index contributed by atoms with van der Waals surface area (Å²) < 4.78 is 6.16. The molecule has 0 saturated carbocycles. The van der Waals surface area contributed by atoms with Gasteiger partial charge in [0.1, 0.15) is 0 Å². The lowest BCUT2D eigenvalue weighted by molar-refractivity contribution is -0.143. The van der Waals surface area contributed by atoms with Crippen LogP contribution in [-0.2, 0) is 31.6 Å². The summed E-state index contributed by atoms with van der Waals surface area (Å²) in [6.07, 6.45) is 4.50. The first-order chi connectivity index (χ1) is 15.7. The number of carbonyl (C=O) groups is 2. The average Bonchev–Trinajstić information content (AvgIpc) is 3.43. The van der Waals surface area contributed by atoms with Gasteiger partial charge in [-0.2, -0.15) is 5.26 Å². The zero-order valence-electron chi connectivity index (χ0n) is 19.1. The molecule has 0 fully saturated rings. The fourth-order valence-corrected chi connectivity index (χ4v) is 5.53. The van der Waals surface area contributed by atoms with Crippen LogP contribution in [0.25, 0.3) is 0 Å². The van der Waals surface area contributed by atoms with Crippen LogP contribution in [-0.4, -0.2) is 18.5 Å². The third-order valence-electron chi connectivity index (χ3n) is 6.56. The topological polar surface area (TPSA) is 79.2 Å². The Balaban J connectivity index is 1.52. The molecule has 4 rings (SSSR count). The van der Waals surface area contributed by atoms with E-state index >= 15 is 0 Å². The molecule has 5 nitrogen and oxygen atoms in total. The molecule has 0 aromatic heterocycles. The van der Waals surface area contributed by atoms with E-state index < -0.39 is 0 Å². The van der Waals surface area contributed by atoms with E-state index in [0.29, 0.717) is 37.1 Å². The Kier molecular flexibility index (Phi) is 6.37. The number of esters is 1. The largest absolute Gasteiger partial charge is 0.466 e. The van der Waals surface area contributed by atoms with Crippen LogP contribution < -0.4 is 5.32 Å². The maximum absolute atomic E-state index is 13.3. The summed E-state index contributed by atoms with van der Waals surface area (Å²) in [6, 6.07) is 13.9. The van der Waals surface area contributed by atoms with E-state index in [2.05, 4.69) is 72.1 Å². The SMILES string of the molecule is CCOC(=O)CCCc1ccc(C#N)cc1NC(=O)C1=C[C@]12CC(C)(C)c1ccc(I)cc12. The van der Waals surface area contributed by atoms with Crippen LogP contribution in [0.2, 0.25) is 0 Å². The van der Waals surface area contributed by atoms with Crippen molar-refractivity contribution in [3.05, 3.63) is 73.9 Å². The van der Waals surface area contributed by atoms with Gasteiger partial charge in [-0.05, 0) is 95.1 Å². The van der Waals surface area contributed by atoms with Crippen LogP contribution in [0.3, 0.4) is 0 Å². The molecule has 1 spiro atoms. The summed E-state index contributed by atoms with van der Waals surface area (Å²) >= 11 is 2.32. The lowest BCUT2D eigenvalue weighted by Crippen LogP contribution is -2.21. The molecule has 0 aliphatic heterocycles. The second kappa shape index (κ2) is 8.94. The number of fused-ring (bicyclic) bond motifs is 2. The number of anilines is 1. The second-order valence-corrected chi connectivity index (χ2v) is 10.6. The summed E-state index contributed by atoms with van der Waals surface area (Å²) in [5, 5.41) is 12.4. The standard InChI is InChI=1S/C27H27IN2O3/c1-4-33-24(31)7-5-6-18-9-8-17(15-29)12-23(18)30-25(32)22-14-27(22)16-26(2,3)20-11-10-19(28)13-21(20)27/h8-14H,4-7,16H2,1-3H3,(H,30,32)/t27-/m1/s1. The molecule has 1 amide bonds. The normalized spacial score (nSPS) is 19.4. The van der Waals surface area contributed by atoms with Gasteiger partial charge in [-0.1, -0.05) is 32.1 Å². The number of nitriles is 1. The lowest BCUT2D eigenvalue weighted by atomic mass is 9.84. The number of aryl methyl sites for hydroxylation is 1. The molecule has 0 radical (unpaired) electrons. The Hall–Kier alpha value is -2.66. The lowest BCUT2D eigenvalue weighted by Gasteiger charge is -2.19. The van der Waals surface area contributed by atoms with Crippen LogP contribution in [0.15, 0.2) is 48.0 Å². The summed E-state index contributed by atoms with van der Waals surface area (Å²) in [6.45, 7) is 6.61. The highest BCUT2D eigenvalue weighted by atomic mass is 127. The highest BCUT2D eigenvalue weighted by Crippen LogP contribution is 2.61. The van der Waals surface area contributed by atoms with Crippen LogP contribution >= 0.6 is 22.6 Å². The number of benzene rings is 2. The van der Waals surface area contributed by atoms with Crippen molar-refractivity contribution in [1.82, 2.24) is 0 Å². The van der Waals surface area contributed by atoms with E-state index in [1.165, 1.54) is 11.1 Å². The van der Waals surface area contributed by atoms with Gasteiger partial charge in [-0.15, -0.1) is 0 Å². The second-order valence-electron chi connectivity index (χ2n) is 9.38. The molecule has 0 unspecified atom stereocenters. The number of hydrogen-bond donors (Lipinski definition) is 1. The maximum atomic E-state index is 13.3. The monoisotopic (exact) mass is 554 g/mol. The summed E-state index contributed by atoms with van der Waals surface area (Å²) in [4.78, 5) is 25.0. The van der Waals surface area contributed by atoms with E-state index in [-0.39, 0.29) is 22.7 Å². The van der Waals surface area contributed by atoms with E-state index in [0.717, 1.165) is 21.1 Å². The number of halogens is 1. The molecule has 2 aliphatic carbocycles. The highest BCUT2D eigenvalue weighted by Gasteiger charge is 2.58. The van der Waals surface area contributed by atoms with Crippen molar-refractivity contribution in [2.24, 2.45) is 0 Å². The first-order valence-electron chi connectivity index (χ1n) is 11.2. The van der Waals surface area contributed by atoms with Gasteiger partial charge in [0.2, 0.25) is 0 Å². The molecule has 2 aromatic carbocycles. The smallest absolute Gasteiger partial charge is 0.305 e. The number of amides is 1. The van der Waals surface area contributed by atoms with Gasteiger partial charge in [-0.3, -0.25) is 9.59 Å². The average molecular weight is 554 g/mol.